The second kappa shape index (κ2) is 3.73. The van der Waals surface area contributed by atoms with Crippen LogP contribution in [0.3, 0.4) is 0 Å². The van der Waals surface area contributed by atoms with Gasteiger partial charge < -0.3 is 4.98 Å². The highest BCUT2D eigenvalue weighted by Gasteiger charge is 2.13. The number of aromatic amines is 1. The molecule has 0 atom stereocenters. The second-order valence-corrected chi connectivity index (χ2v) is 4.51. The summed E-state index contributed by atoms with van der Waals surface area (Å²) in [5.74, 6) is 1.96. The van der Waals surface area contributed by atoms with E-state index in [-0.39, 0.29) is 5.56 Å². The SMILES string of the molecule is Cc1nn2c(CC(C)C)nc(C)c2c(=O)[nH]1. The Morgan fingerprint density at radius 3 is 2.69 bits per heavy atom. The maximum Gasteiger partial charge on any atom is 0.277 e. The van der Waals surface area contributed by atoms with Gasteiger partial charge in [-0.05, 0) is 19.8 Å². The van der Waals surface area contributed by atoms with Crippen molar-refractivity contribution in [3.63, 3.8) is 0 Å². The molecule has 0 unspecified atom stereocenters. The Bertz CT molecular complexity index is 579. The average molecular weight is 220 g/mol. The number of hydrogen-bond donors (Lipinski definition) is 1. The maximum absolute atomic E-state index is 11.8. The largest absolute Gasteiger partial charge is 0.307 e. The summed E-state index contributed by atoms with van der Waals surface area (Å²) in [6.07, 6.45) is 0.824. The first-order valence-electron chi connectivity index (χ1n) is 5.44. The van der Waals surface area contributed by atoms with Crippen LogP contribution >= 0.6 is 0 Å². The number of nitrogens with zero attached hydrogens (tertiary/aromatic N) is 3. The van der Waals surface area contributed by atoms with Crippen molar-refractivity contribution in [3.05, 3.63) is 27.7 Å². The van der Waals surface area contributed by atoms with Gasteiger partial charge >= 0.3 is 0 Å². The monoisotopic (exact) mass is 220 g/mol. The fraction of sp³-hybridized carbons (Fsp3) is 0.545. The van der Waals surface area contributed by atoms with Crippen molar-refractivity contribution < 1.29 is 0 Å². The molecule has 0 saturated carbocycles. The zero-order valence-corrected chi connectivity index (χ0v) is 10.0. The molecule has 2 heterocycles. The fourth-order valence-electron chi connectivity index (χ4n) is 1.84. The van der Waals surface area contributed by atoms with Crippen LogP contribution in [0.15, 0.2) is 4.79 Å². The van der Waals surface area contributed by atoms with E-state index in [9.17, 15) is 4.79 Å². The van der Waals surface area contributed by atoms with Gasteiger partial charge in [0.25, 0.3) is 5.56 Å². The summed E-state index contributed by atoms with van der Waals surface area (Å²) in [4.78, 5) is 18.9. The van der Waals surface area contributed by atoms with Gasteiger partial charge in [0.15, 0.2) is 5.52 Å². The number of H-pyrrole nitrogens is 1. The molecule has 2 aromatic heterocycles. The molecule has 0 spiro atoms. The summed E-state index contributed by atoms with van der Waals surface area (Å²) in [6, 6.07) is 0. The Balaban J connectivity index is 2.73. The smallest absolute Gasteiger partial charge is 0.277 e. The number of nitrogens with one attached hydrogen (secondary N) is 1. The molecule has 1 N–H and O–H groups in total. The highest BCUT2D eigenvalue weighted by atomic mass is 16.1. The number of aromatic nitrogens is 4. The molecule has 0 aliphatic heterocycles. The molecule has 0 aliphatic rings. The molecule has 0 bridgehead atoms. The molecule has 16 heavy (non-hydrogen) atoms. The first-order valence-corrected chi connectivity index (χ1v) is 5.44. The normalized spacial score (nSPS) is 11.6. The molecule has 2 rings (SSSR count). The van der Waals surface area contributed by atoms with Gasteiger partial charge in [0.2, 0.25) is 0 Å². The van der Waals surface area contributed by atoms with Gasteiger partial charge in [-0.1, -0.05) is 13.8 Å². The van der Waals surface area contributed by atoms with Crippen molar-refractivity contribution in [2.24, 2.45) is 5.92 Å². The molecule has 2 aromatic rings. The Morgan fingerprint density at radius 1 is 1.38 bits per heavy atom. The number of hydrogen-bond acceptors (Lipinski definition) is 3. The average Bonchev–Trinajstić information content (AvgIpc) is 2.41. The minimum absolute atomic E-state index is 0.118. The third-order valence-corrected chi connectivity index (χ3v) is 2.45. The van der Waals surface area contributed by atoms with Crippen LogP contribution in [0.25, 0.3) is 5.52 Å². The molecule has 5 heteroatoms. The van der Waals surface area contributed by atoms with E-state index in [0.717, 1.165) is 17.9 Å². The zero-order valence-electron chi connectivity index (χ0n) is 10.0. The fourth-order valence-corrected chi connectivity index (χ4v) is 1.84. The summed E-state index contributed by atoms with van der Waals surface area (Å²) in [5.41, 5.74) is 1.18. The summed E-state index contributed by atoms with van der Waals surface area (Å²) < 4.78 is 1.67. The van der Waals surface area contributed by atoms with Gasteiger partial charge in [0.05, 0.1) is 5.69 Å². The lowest BCUT2D eigenvalue weighted by molar-refractivity contribution is 0.604. The molecular weight excluding hydrogens is 204 g/mol. The number of aryl methyl sites for hydroxylation is 2. The third-order valence-electron chi connectivity index (χ3n) is 2.45. The van der Waals surface area contributed by atoms with Crippen molar-refractivity contribution in [1.82, 2.24) is 19.6 Å². The van der Waals surface area contributed by atoms with Gasteiger partial charge in [0.1, 0.15) is 11.6 Å². The van der Waals surface area contributed by atoms with Crippen LogP contribution in [0.2, 0.25) is 0 Å². The number of fused-ring (bicyclic) bond motifs is 1. The molecule has 0 radical (unpaired) electrons. The van der Waals surface area contributed by atoms with Gasteiger partial charge in [-0.3, -0.25) is 4.79 Å². The summed E-state index contributed by atoms with van der Waals surface area (Å²) >= 11 is 0. The van der Waals surface area contributed by atoms with Crippen LogP contribution < -0.4 is 5.56 Å². The Morgan fingerprint density at radius 2 is 2.06 bits per heavy atom. The predicted octanol–water partition coefficient (Wildman–Crippen LogP) is 1.23. The van der Waals surface area contributed by atoms with E-state index in [1.54, 1.807) is 11.4 Å². The molecule has 0 aliphatic carbocycles. The van der Waals surface area contributed by atoms with Gasteiger partial charge in [-0.25, -0.2) is 9.50 Å². The maximum atomic E-state index is 11.8. The lowest BCUT2D eigenvalue weighted by Crippen LogP contribution is -2.16. The van der Waals surface area contributed by atoms with E-state index in [1.165, 1.54) is 0 Å². The number of rotatable bonds is 2. The van der Waals surface area contributed by atoms with E-state index >= 15 is 0 Å². The Labute approximate surface area is 93.5 Å². The van der Waals surface area contributed by atoms with Crippen LogP contribution in [0.4, 0.5) is 0 Å². The minimum Gasteiger partial charge on any atom is -0.307 e. The summed E-state index contributed by atoms with van der Waals surface area (Å²) in [5, 5.41) is 4.31. The van der Waals surface area contributed by atoms with Crippen molar-refractivity contribution >= 4 is 5.52 Å². The van der Waals surface area contributed by atoms with Crippen molar-refractivity contribution in [1.29, 1.82) is 0 Å². The van der Waals surface area contributed by atoms with Gasteiger partial charge in [-0.15, -0.1) is 0 Å². The Kier molecular flexibility index (Phi) is 2.53. The topological polar surface area (TPSA) is 63.1 Å². The van der Waals surface area contributed by atoms with Crippen LogP contribution in [0, 0.1) is 19.8 Å². The van der Waals surface area contributed by atoms with E-state index in [2.05, 4.69) is 28.9 Å². The first-order chi connectivity index (χ1) is 7.49. The molecule has 0 aromatic carbocycles. The molecular formula is C11H16N4O. The predicted molar refractivity (Wildman–Crippen MR) is 61.6 cm³/mol. The van der Waals surface area contributed by atoms with Gasteiger partial charge in [-0.2, -0.15) is 5.10 Å². The Hall–Kier alpha value is -1.65. The zero-order chi connectivity index (χ0) is 11.9. The number of imidazole rings is 1. The quantitative estimate of drug-likeness (QED) is 0.828. The van der Waals surface area contributed by atoms with E-state index in [1.807, 2.05) is 6.92 Å². The van der Waals surface area contributed by atoms with Crippen molar-refractivity contribution in [3.8, 4) is 0 Å². The van der Waals surface area contributed by atoms with Crippen molar-refractivity contribution in [2.45, 2.75) is 34.1 Å². The lowest BCUT2D eigenvalue weighted by atomic mass is 10.1. The first kappa shape index (κ1) is 10.9. The standard InChI is InChI=1S/C11H16N4O/c1-6(2)5-9-12-7(3)10-11(16)13-8(4)14-15(9)10/h6H,5H2,1-4H3,(H,13,14,16). The van der Waals surface area contributed by atoms with E-state index in [0.29, 0.717) is 17.3 Å². The van der Waals surface area contributed by atoms with Crippen LogP contribution in [-0.4, -0.2) is 19.6 Å². The van der Waals surface area contributed by atoms with Crippen molar-refractivity contribution in [2.75, 3.05) is 0 Å². The molecule has 0 saturated heterocycles. The van der Waals surface area contributed by atoms with Crippen LogP contribution in [-0.2, 0) is 6.42 Å². The molecule has 0 amide bonds. The minimum atomic E-state index is -0.118. The second-order valence-electron chi connectivity index (χ2n) is 4.51. The lowest BCUT2D eigenvalue weighted by Gasteiger charge is -2.03. The third kappa shape index (κ3) is 1.73. The van der Waals surface area contributed by atoms with E-state index in [4.69, 9.17) is 0 Å². The summed E-state index contributed by atoms with van der Waals surface area (Å²) in [6.45, 7) is 7.85. The summed E-state index contributed by atoms with van der Waals surface area (Å²) in [7, 11) is 0. The molecule has 0 fully saturated rings. The van der Waals surface area contributed by atoms with Crippen LogP contribution in [0.5, 0.6) is 0 Å². The van der Waals surface area contributed by atoms with Crippen LogP contribution in [0.1, 0.15) is 31.2 Å². The van der Waals surface area contributed by atoms with Gasteiger partial charge in [0, 0.05) is 6.42 Å². The van der Waals surface area contributed by atoms with E-state index < -0.39 is 0 Å². The highest BCUT2D eigenvalue weighted by molar-refractivity contribution is 5.49. The molecule has 5 nitrogen and oxygen atoms in total. The molecule has 86 valence electrons. The highest BCUT2D eigenvalue weighted by Crippen LogP contribution is 2.10.